The van der Waals surface area contributed by atoms with Crippen LogP contribution < -0.4 is 0 Å². The Morgan fingerprint density at radius 3 is 2.38 bits per heavy atom. The van der Waals surface area contributed by atoms with Crippen molar-refractivity contribution >= 4 is 0 Å². The van der Waals surface area contributed by atoms with Crippen molar-refractivity contribution < 1.29 is 18.3 Å². The molecule has 0 radical (unpaired) electrons. The monoisotopic (exact) mass is 332 g/mol. The fourth-order valence-electron chi connectivity index (χ4n) is 2.98. The van der Waals surface area contributed by atoms with Gasteiger partial charge in [-0.2, -0.15) is 0 Å². The van der Waals surface area contributed by atoms with E-state index in [0.717, 1.165) is 12.8 Å². The van der Waals surface area contributed by atoms with E-state index in [9.17, 15) is 8.78 Å². The Balaban J connectivity index is 1.76. The SMILES string of the molecule is CCCC1COC(c2ccc(-c3ccc(C)c(F)c3)c(F)c2)OC1. The second-order valence-corrected chi connectivity index (χ2v) is 6.36. The van der Waals surface area contributed by atoms with Crippen molar-refractivity contribution in [2.75, 3.05) is 13.2 Å². The Morgan fingerprint density at radius 2 is 1.75 bits per heavy atom. The van der Waals surface area contributed by atoms with Gasteiger partial charge in [0, 0.05) is 17.0 Å². The van der Waals surface area contributed by atoms with Gasteiger partial charge in [0.1, 0.15) is 11.6 Å². The fraction of sp³-hybridized carbons (Fsp3) is 0.400. The van der Waals surface area contributed by atoms with Gasteiger partial charge in [-0.1, -0.05) is 37.6 Å². The van der Waals surface area contributed by atoms with Crippen molar-refractivity contribution in [3.63, 3.8) is 0 Å². The second kappa shape index (κ2) is 7.41. The Labute approximate surface area is 141 Å². The molecule has 1 aliphatic heterocycles. The number of aryl methyl sites for hydroxylation is 1. The molecule has 0 aromatic heterocycles. The summed E-state index contributed by atoms with van der Waals surface area (Å²) in [5.41, 5.74) is 2.09. The molecule has 0 saturated carbocycles. The molecule has 0 unspecified atom stereocenters. The maximum absolute atomic E-state index is 14.5. The zero-order valence-corrected chi connectivity index (χ0v) is 14.0. The summed E-state index contributed by atoms with van der Waals surface area (Å²) in [6.45, 7) is 5.08. The summed E-state index contributed by atoms with van der Waals surface area (Å²) in [6.07, 6.45) is 1.63. The normalized spacial score (nSPS) is 21.0. The van der Waals surface area contributed by atoms with Crippen LogP contribution in [0.4, 0.5) is 8.78 Å². The van der Waals surface area contributed by atoms with E-state index in [4.69, 9.17) is 9.47 Å². The molecule has 1 aliphatic rings. The maximum Gasteiger partial charge on any atom is 0.183 e. The summed E-state index contributed by atoms with van der Waals surface area (Å²) in [7, 11) is 0. The van der Waals surface area contributed by atoms with Gasteiger partial charge in [-0.3, -0.25) is 0 Å². The molecule has 4 heteroatoms. The zero-order chi connectivity index (χ0) is 17.1. The lowest BCUT2D eigenvalue weighted by Crippen LogP contribution is -2.27. The minimum Gasteiger partial charge on any atom is -0.348 e. The number of ether oxygens (including phenoxy) is 2. The van der Waals surface area contributed by atoms with Gasteiger partial charge >= 0.3 is 0 Å². The Kier molecular flexibility index (Phi) is 5.27. The van der Waals surface area contributed by atoms with E-state index in [-0.39, 0.29) is 5.82 Å². The molecular weight excluding hydrogens is 310 g/mol. The molecule has 2 aromatic rings. The molecule has 1 heterocycles. The molecule has 0 bridgehead atoms. The first kappa shape index (κ1) is 17.1. The van der Waals surface area contributed by atoms with Crippen LogP contribution in [-0.2, 0) is 9.47 Å². The first-order valence-electron chi connectivity index (χ1n) is 8.37. The lowest BCUT2D eigenvalue weighted by molar-refractivity contribution is -0.206. The third kappa shape index (κ3) is 3.65. The van der Waals surface area contributed by atoms with Gasteiger partial charge < -0.3 is 9.47 Å². The third-order valence-electron chi connectivity index (χ3n) is 4.41. The van der Waals surface area contributed by atoms with E-state index in [1.807, 2.05) is 0 Å². The third-order valence-corrected chi connectivity index (χ3v) is 4.41. The van der Waals surface area contributed by atoms with Crippen LogP contribution in [0.5, 0.6) is 0 Å². The molecule has 24 heavy (non-hydrogen) atoms. The predicted molar refractivity (Wildman–Crippen MR) is 89.6 cm³/mol. The molecule has 0 spiro atoms. The number of hydrogen-bond acceptors (Lipinski definition) is 2. The van der Waals surface area contributed by atoms with Crippen molar-refractivity contribution in [2.24, 2.45) is 5.92 Å². The lowest BCUT2D eigenvalue weighted by Gasteiger charge is -2.29. The minimum atomic E-state index is -0.531. The topological polar surface area (TPSA) is 18.5 Å². The lowest BCUT2D eigenvalue weighted by atomic mass is 10.0. The Bertz CT molecular complexity index is 707. The average molecular weight is 332 g/mol. The minimum absolute atomic E-state index is 0.336. The van der Waals surface area contributed by atoms with Gasteiger partial charge in [0.15, 0.2) is 6.29 Å². The molecular formula is C20H22F2O2. The Hall–Kier alpha value is -1.78. The second-order valence-electron chi connectivity index (χ2n) is 6.36. The Morgan fingerprint density at radius 1 is 1.00 bits per heavy atom. The summed E-state index contributed by atoms with van der Waals surface area (Å²) in [5.74, 6) is -0.332. The molecule has 0 amide bonds. The van der Waals surface area contributed by atoms with Crippen molar-refractivity contribution in [1.29, 1.82) is 0 Å². The van der Waals surface area contributed by atoms with Gasteiger partial charge in [0.05, 0.1) is 13.2 Å². The van der Waals surface area contributed by atoms with Crippen LogP contribution >= 0.6 is 0 Å². The molecule has 1 fully saturated rings. The van der Waals surface area contributed by atoms with Crippen LogP contribution in [0.1, 0.15) is 37.2 Å². The number of hydrogen-bond donors (Lipinski definition) is 0. The van der Waals surface area contributed by atoms with Crippen LogP contribution in [0.3, 0.4) is 0 Å². The van der Waals surface area contributed by atoms with Gasteiger partial charge in [0.2, 0.25) is 0 Å². The van der Waals surface area contributed by atoms with Crippen LogP contribution in [0.15, 0.2) is 36.4 Å². The first-order valence-corrected chi connectivity index (χ1v) is 8.37. The van der Waals surface area contributed by atoms with Crippen LogP contribution in [0.2, 0.25) is 0 Å². The number of benzene rings is 2. The van der Waals surface area contributed by atoms with Crippen LogP contribution in [-0.4, -0.2) is 13.2 Å². The highest BCUT2D eigenvalue weighted by molar-refractivity contribution is 5.65. The molecule has 0 N–H and O–H groups in total. The highest BCUT2D eigenvalue weighted by atomic mass is 19.1. The van der Waals surface area contributed by atoms with E-state index < -0.39 is 12.1 Å². The van der Waals surface area contributed by atoms with Crippen LogP contribution in [0.25, 0.3) is 11.1 Å². The molecule has 2 nitrogen and oxygen atoms in total. The summed E-state index contributed by atoms with van der Waals surface area (Å²) in [4.78, 5) is 0. The van der Waals surface area contributed by atoms with Crippen molar-refractivity contribution in [1.82, 2.24) is 0 Å². The first-order chi connectivity index (χ1) is 11.6. The van der Waals surface area contributed by atoms with Gasteiger partial charge in [0.25, 0.3) is 0 Å². The van der Waals surface area contributed by atoms with Crippen molar-refractivity contribution in [3.05, 3.63) is 59.2 Å². The quantitative estimate of drug-likeness (QED) is 0.746. The predicted octanol–water partition coefficient (Wildman–Crippen LogP) is 5.40. The van der Waals surface area contributed by atoms with Crippen LogP contribution in [0, 0.1) is 24.5 Å². The summed E-state index contributed by atoms with van der Waals surface area (Å²) >= 11 is 0. The summed E-state index contributed by atoms with van der Waals surface area (Å²) in [5, 5.41) is 0. The largest absolute Gasteiger partial charge is 0.348 e. The van der Waals surface area contributed by atoms with E-state index in [1.165, 1.54) is 12.1 Å². The molecule has 2 aromatic carbocycles. The highest BCUT2D eigenvalue weighted by Gasteiger charge is 2.23. The zero-order valence-electron chi connectivity index (χ0n) is 14.0. The van der Waals surface area contributed by atoms with Gasteiger partial charge in [-0.15, -0.1) is 0 Å². The van der Waals surface area contributed by atoms with E-state index in [1.54, 1.807) is 31.2 Å². The number of halogens is 2. The number of rotatable bonds is 4. The molecule has 3 rings (SSSR count). The average Bonchev–Trinajstić information content (AvgIpc) is 2.58. The van der Waals surface area contributed by atoms with Crippen molar-refractivity contribution in [3.8, 4) is 11.1 Å². The summed E-state index contributed by atoms with van der Waals surface area (Å²) in [6, 6.07) is 9.58. The van der Waals surface area contributed by atoms with Gasteiger partial charge in [-0.05, 0) is 36.6 Å². The fourth-order valence-corrected chi connectivity index (χ4v) is 2.98. The standard InChI is InChI=1S/C20H22F2O2/c1-3-4-14-11-23-20(24-12-14)16-7-8-17(19(22)10-16)15-6-5-13(2)18(21)9-15/h5-10,14,20H,3-4,11-12H2,1-2H3. The van der Waals surface area contributed by atoms with Gasteiger partial charge in [-0.25, -0.2) is 8.78 Å². The molecule has 0 atom stereocenters. The van der Waals surface area contributed by atoms with E-state index in [2.05, 4.69) is 6.92 Å². The molecule has 128 valence electrons. The van der Waals surface area contributed by atoms with E-state index >= 15 is 0 Å². The van der Waals surface area contributed by atoms with Crippen molar-refractivity contribution in [2.45, 2.75) is 33.0 Å². The maximum atomic E-state index is 14.5. The molecule has 1 saturated heterocycles. The smallest absolute Gasteiger partial charge is 0.183 e. The highest BCUT2D eigenvalue weighted by Crippen LogP contribution is 2.31. The van der Waals surface area contributed by atoms with E-state index in [0.29, 0.717) is 41.4 Å². The summed E-state index contributed by atoms with van der Waals surface area (Å²) < 4.78 is 39.6. The molecule has 0 aliphatic carbocycles.